The summed E-state index contributed by atoms with van der Waals surface area (Å²) in [5, 5.41) is 2.88. The Morgan fingerprint density at radius 1 is 1.17 bits per heavy atom. The van der Waals surface area contributed by atoms with Gasteiger partial charge < -0.3 is 15.1 Å². The van der Waals surface area contributed by atoms with Gasteiger partial charge in [0.1, 0.15) is 0 Å². The van der Waals surface area contributed by atoms with Crippen LogP contribution in [0, 0.1) is 0 Å². The van der Waals surface area contributed by atoms with Crippen LogP contribution in [0.3, 0.4) is 0 Å². The summed E-state index contributed by atoms with van der Waals surface area (Å²) in [4.78, 5) is 29.0. The lowest BCUT2D eigenvalue weighted by molar-refractivity contribution is -0.130. The Morgan fingerprint density at radius 2 is 1.89 bits per heavy atom. The summed E-state index contributed by atoms with van der Waals surface area (Å²) in [7, 11) is 5.31. The number of hydrogen-bond acceptors (Lipinski definition) is 4. The topological polar surface area (TPSA) is 55.9 Å². The normalized spacial score (nSPS) is 17.4. The second-order valence-electron chi connectivity index (χ2n) is 4.83. The van der Waals surface area contributed by atoms with Crippen molar-refractivity contribution < 1.29 is 9.59 Å². The molecular formula is C12H24N4O2. The summed E-state index contributed by atoms with van der Waals surface area (Å²) >= 11 is 0. The van der Waals surface area contributed by atoms with E-state index < -0.39 is 0 Å². The highest BCUT2D eigenvalue weighted by molar-refractivity contribution is 5.78. The maximum atomic E-state index is 11.8. The van der Waals surface area contributed by atoms with E-state index >= 15 is 0 Å². The Labute approximate surface area is 109 Å². The Hall–Kier alpha value is -1.14. The third kappa shape index (κ3) is 4.62. The first-order valence-electron chi connectivity index (χ1n) is 6.39. The molecule has 0 aromatic heterocycles. The molecule has 1 saturated heterocycles. The minimum absolute atomic E-state index is 0.116. The molecule has 0 saturated carbocycles. The fourth-order valence-electron chi connectivity index (χ4n) is 1.97. The molecule has 1 aliphatic heterocycles. The summed E-state index contributed by atoms with van der Waals surface area (Å²) in [5.74, 6) is 0.253. The molecule has 1 fully saturated rings. The zero-order valence-electron chi connectivity index (χ0n) is 11.6. The number of amides is 2. The summed E-state index contributed by atoms with van der Waals surface area (Å²) < 4.78 is 0. The van der Waals surface area contributed by atoms with Crippen molar-refractivity contribution in [1.29, 1.82) is 0 Å². The van der Waals surface area contributed by atoms with Crippen LogP contribution in [0.4, 0.5) is 0 Å². The van der Waals surface area contributed by atoms with Gasteiger partial charge in [0.25, 0.3) is 0 Å². The average molecular weight is 256 g/mol. The minimum Gasteiger partial charge on any atom is -0.348 e. The molecule has 0 aromatic carbocycles. The van der Waals surface area contributed by atoms with Crippen LogP contribution in [0.2, 0.25) is 0 Å². The molecule has 1 aliphatic rings. The maximum Gasteiger partial charge on any atom is 0.236 e. The summed E-state index contributed by atoms with van der Waals surface area (Å²) in [6.45, 7) is 3.98. The fourth-order valence-corrected chi connectivity index (χ4v) is 1.97. The standard InChI is InChI=1S/C12H24N4O2/c1-13-9-11(17)16-6-4-5-15(7-8-16)10-12(18)14(2)3/h13H,4-10H2,1-3H3. The van der Waals surface area contributed by atoms with E-state index in [0.717, 1.165) is 26.1 Å². The van der Waals surface area contributed by atoms with Crippen LogP contribution < -0.4 is 5.32 Å². The van der Waals surface area contributed by atoms with Gasteiger partial charge in [-0.15, -0.1) is 0 Å². The van der Waals surface area contributed by atoms with Crippen molar-refractivity contribution in [3.05, 3.63) is 0 Å². The third-order valence-electron chi connectivity index (χ3n) is 3.13. The molecule has 104 valence electrons. The van der Waals surface area contributed by atoms with E-state index in [0.29, 0.717) is 19.6 Å². The average Bonchev–Trinajstić information content (AvgIpc) is 2.55. The van der Waals surface area contributed by atoms with Crippen molar-refractivity contribution in [2.45, 2.75) is 6.42 Å². The summed E-state index contributed by atoms with van der Waals surface area (Å²) in [6, 6.07) is 0. The molecule has 0 radical (unpaired) electrons. The predicted molar refractivity (Wildman–Crippen MR) is 70.3 cm³/mol. The van der Waals surface area contributed by atoms with Crippen molar-refractivity contribution in [3.8, 4) is 0 Å². The number of nitrogens with one attached hydrogen (secondary N) is 1. The van der Waals surface area contributed by atoms with E-state index in [2.05, 4.69) is 10.2 Å². The van der Waals surface area contributed by atoms with E-state index in [1.165, 1.54) is 0 Å². The molecule has 0 spiro atoms. The van der Waals surface area contributed by atoms with Crippen LogP contribution in [0.15, 0.2) is 0 Å². The number of nitrogens with zero attached hydrogens (tertiary/aromatic N) is 3. The van der Waals surface area contributed by atoms with Crippen LogP contribution in [0.5, 0.6) is 0 Å². The van der Waals surface area contributed by atoms with Gasteiger partial charge in [-0.2, -0.15) is 0 Å². The number of rotatable bonds is 4. The van der Waals surface area contributed by atoms with Gasteiger partial charge >= 0.3 is 0 Å². The first-order chi connectivity index (χ1) is 8.54. The van der Waals surface area contributed by atoms with E-state index in [4.69, 9.17) is 0 Å². The number of likely N-dealkylation sites (N-methyl/N-ethyl adjacent to an activating group) is 2. The Kier molecular flexibility index (Phi) is 6.07. The zero-order valence-corrected chi connectivity index (χ0v) is 11.6. The molecule has 18 heavy (non-hydrogen) atoms. The van der Waals surface area contributed by atoms with E-state index in [9.17, 15) is 9.59 Å². The summed E-state index contributed by atoms with van der Waals surface area (Å²) in [5.41, 5.74) is 0. The zero-order chi connectivity index (χ0) is 13.5. The lowest BCUT2D eigenvalue weighted by Crippen LogP contribution is -2.41. The van der Waals surface area contributed by atoms with Gasteiger partial charge in [-0.3, -0.25) is 14.5 Å². The first kappa shape index (κ1) is 14.9. The maximum absolute atomic E-state index is 11.8. The molecule has 6 heteroatoms. The van der Waals surface area contributed by atoms with Gasteiger partial charge in [0.15, 0.2) is 0 Å². The Bertz CT molecular complexity index is 294. The molecule has 6 nitrogen and oxygen atoms in total. The van der Waals surface area contributed by atoms with E-state index in [1.54, 1.807) is 26.0 Å². The monoisotopic (exact) mass is 256 g/mol. The van der Waals surface area contributed by atoms with Crippen molar-refractivity contribution in [1.82, 2.24) is 20.0 Å². The van der Waals surface area contributed by atoms with Crippen molar-refractivity contribution >= 4 is 11.8 Å². The van der Waals surface area contributed by atoms with Crippen LogP contribution in [0.25, 0.3) is 0 Å². The van der Waals surface area contributed by atoms with Crippen molar-refractivity contribution in [3.63, 3.8) is 0 Å². The molecule has 2 amide bonds. The molecule has 1 N–H and O–H groups in total. The highest BCUT2D eigenvalue weighted by Crippen LogP contribution is 2.03. The van der Waals surface area contributed by atoms with E-state index in [1.807, 2.05) is 4.90 Å². The number of carbonyl (C=O) groups excluding carboxylic acids is 2. The van der Waals surface area contributed by atoms with Crippen LogP contribution in [-0.2, 0) is 9.59 Å². The van der Waals surface area contributed by atoms with Crippen LogP contribution >= 0.6 is 0 Å². The van der Waals surface area contributed by atoms with Crippen LogP contribution in [-0.4, -0.2) is 86.9 Å². The van der Waals surface area contributed by atoms with Crippen molar-refractivity contribution in [2.24, 2.45) is 0 Å². The first-order valence-corrected chi connectivity index (χ1v) is 6.39. The largest absolute Gasteiger partial charge is 0.348 e. The Balaban J connectivity index is 2.41. The lowest BCUT2D eigenvalue weighted by Gasteiger charge is -2.22. The van der Waals surface area contributed by atoms with Gasteiger partial charge in [-0.25, -0.2) is 0 Å². The second kappa shape index (κ2) is 7.33. The van der Waals surface area contributed by atoms with Gasteiger partial charge in [-0.1, -0.05) is 0 Å². The number of carbonyl (C=O) groups is 2. The lowest BCUT2D eigenvalue weighted by atomic mass is 10.3. The van der Waals surface area contributed by atoms with Gasteiger partial charge in [0.2, 0.25) is 11.8 Å². The van der Waals surface area contributed by atoms with Crippen LogP contribution in [0.1, 0.15) is 6.42 Å². The highest BCUT2D eigenvalue weighted by atomic mass is 16.2. The van der Waals surface area contributed by atoms with Crippen molar-refractivity contribution in [2.75, 3.05) is 60.4 Å². The molecular weight excluding hydrogens is 232 g/mol. The fraction of sp³-hybridized carbons (Fsp3) is 0.833. The molecule has 0 aliphatic carbocycles. The quantitative estimate of drug-likeness (QED) is 0.688. The second-order valence-corrected chi connectivity index (χ2v) is 4.83. The molecule has 0 aromatic rings. The molecule has 1 heterocycles. The number of hydrogen-bond donors (Lipinski definition) is 1. The molecule has 0 unspecified atom stereocenters. The van der Waals surface area contributed by atoms with Gasteiger partial charge in [-0.05, 0) is 13.5 Å². The molecule has 1 rings (SSSR count). The smallest absolute Gasteiger partial charge is 0.236 e. The highest BCUT2D eigenvalue weighted by Gasteiger charge is 2.20. The van der Waals surface area contributed by atoms with Gasteiger partial charge in [0, 0.05) is 40.3 Å². The predicted octanol–water partition coefficient (Wildman–Crippen LogP) is -1.17. The summed E-state index contributed by atoms with van der Waals surface area (Å²) in [6.07, 6.45) is 0.927. The third-order valence-corrected chi connectivity index (χ3v) is 3.13. The van der Waals surface area contributed by atoms with Gasteiger partial charge in [0.05, 0.1) is 13.1 Å². The SMILES string of the molecule is CNCC(=O)N1CCCN(CC(=O)N(C)C)CC1. The molecule has 0 bridgehead atoms. The van der Waals surface area contributed by atoms with E-state index in [-0.39, 0.29) is 11.8 Å². The minimum atomic E-state index is 0.116. The molecule has 0 atom stereocenters. The Morgan fingerprint density at radius 3 is 2.50 bits per heavy atom.